The van der Waals surface area contributed by atoms with E-state index in [9.17, 15) is 9.59 Å². The number of ether oxygens (including phenoxy) is 2. The van der Waals surface area contributed by atoms with Crippen LogP contribution in [0.3, 0.4) is 0 Å². The Bertz CT molecular complexity index is 306. The molecule has 0 aromatic rings. The number of hydrogen-bond acceptors (Lipinski definition) is 4. The van der Waals surface area contributed by atoms with Crippen molar-refractivity contribution in [2.75, 3.05) is 32.9 Å². The minimum atomic E-state index is -0.114. The molecular formula is C13H21NO4. The Kier molecular flexibility index (Phi) is 4.58. The van der Waals surface area contributed by atoms with Crippen molar-refractivity contribution in [2.24, 2.45) is 11.8 Å². The van der Waals surface area contributed by atoms with Gasteiger partial charge in [-0.1, -0.05) is 0 Å². The van der Waals surface area contributed by atoms with Crippen LogP contribution in [0.15, 0.2) is 0 Å². The van der Waals surface area contributed by atoms with E-state index < -0.39 is 0 Å². The number of esters is 1. The Labute approximate surface area is 107 Å². The fourth-order valence-corrected chi connectivity index (χ4v) is 2.40. The molecule has 2 aliphatic rings. The van der Waals surface area contributed by atoms with Crippen LogP contribution in [0.1, 0.15) is 26.2 Å². The normalized spacial score (nSPS) is 21.5. The number of carbonyl (C=O) groups excluding carboxylic acids is 2. The number of hydrogen-bond donors (Lipinski definition) is 0. The smallest absolute Gasteiger partial charge is 0.309 e. The van der Waals surface area contributed by atoms with E-state index in [4.69, 9.17) is 9.47 Å². The minimum Gasteiger partial charge on any atom is -0.466 e. The summed E-state index contributed by atoms with van der Waals surface area (Å²) < 4.78 is 10.1. The minimum absolute atomic E-state index is 0.0268. The predicted molar refractivity (Wildman–Crippen MR) is 64.9 cm³/mol. The molecule has 0 unspecified atom stereocenters. The molecule has 0 atom stereocenters. The largest absolute Gasteiger partial charge is 0.466 e. The summed E-state index contributed by atoms with van der Waals surface area (Å²) >= 11 is 0. The second kappa shape index (κ2) is 6.18. The fraction of sp³-hybridized carbons (Fsp3) is 0.846. The number of nitrogens with zero attached hydrogens (tertiary/aromatic N) is 1. The summed E-state index contributed by atoms with van der Waals surface area (Å²) in [6, 6.07) is 0. The van der Waals surface area contributed by atoms with Gasteiger partial charge in [-0.05, 0) is 19.8 Å². The Hall–Kier alpha value is -1.10. The Balaban J connectivity index is 1.71. The van der Waals surface area contributed by atoms with Gasteiger partial charge in [-0.15, -0.1) is 0 Å². The molecular weight excluding hydrogens is 234 g/mol. The molecule has 2 aliphatic heterocycles. The molecule has 18 heavy (non-hydrogen) atoms. The van der Waals surface area contributed by atoms with Crippen LogP contribution >= 0.6 is 0 Å². The lowest BCUT2D eigenvalue weighted by Gasteiger charge is -2.33. The zero-order chi connectivity index (χ0) is 13.0. The highest BCUT2D eigenvalue weighted by Crippen LogP contribution is 2.21. The second-order valence-electron chi connectivity index (χ2n) is 5.01. The van der Waals surface area contributed by atoms with Gasteiger partial charge in [0.05, 0.1) is 25.7 Å². The van der Waals surface area contributed by atoms with Crippen LogP contribution in [0.25, 0.3) is 0 Å². The zero-order valence-corrected chi connectivity index (χ0v) is 10.9. The second-order valence-corrected chi connectivity index (χ2v) is 5.01. The first-order valence-corrected chi connectivity index (χ1v) is 6.73. The highest BCUT2D eigenvalue weighted by molar-refractivity contribution is 5.77. The van der Waals surface area contributed by atoms with Gasteiger partial charge >= 0.3 is 5.97 Å². The average molecular weight is 255 g/mol. The van der Waals surface area contributed by atoms with Crippen LogP contribution in [-0.4, -0.2) is 49.7 Å². The quantitative estimate of drug-likeness (QED) is 0.698. The van der Waals surface area contributed by atoms with Crippen molar-refractivity contribution in [3.05, 3.63) is 0 Å². The first kappa shape index (κ1) is 13.3. The van der Waals surface area contributed by atoms with E-state index in [2.05, 4.69) is 0 Å². The molecule has 102 valence electrons. The van der Waals surface area contributed by atoms with Crippen LogP contribution in [0.4, 0.5) is 0 Å². The van der Waals surface area contributed by atoms with Gasteiger partial charge in [-0.2, -0.15) is 0 Å². The molecule has 0 aromatic heterocycles. The zero-order valence-electron chi connectivity index (χ0n) is 10.9. The van der Waals surface area contributed by atoms with Crippen LogP contribution in [-0.2, 0) is 19.1 Å². The maximum atomic E-state index is 12.0. The Morgan fingerprint density at radius 2 is 1.94 bits per heavy atom. The molecule has 0 radical (unpaired) electrons. The van der Waals surface area contributed by atoms with Crippen molar-refractivity contribution >= 4 is 11.9 Å². The molecule has 0 spiro atoms. The number of piperidine rings is 1. The standard InChI is InChI=1S/C13H21NO4/c1-2-18-13(16)11-3-5-14(6-4-11)12(15)7-10-8-17-9-10/h10-11H,2-9H2,1H3. The van der Waals surface area contributed by atoms with E-state index in [1.807, 2.05) is 11.8 Å². The van der Waals surface area contributed by atoms with Gasteiger partial charge in [0, 0.05) is 25.4 Å². The lowest BCUT2D eigenvalue weighted by atomic mass is 9.95. The summed E-state index contributed by atoms with van der Waals surface area (Å²) in [7, 11) is 0. The summed E-state index contributed by atoms with van der Waals surface area (Å²) in [5.41, 5.74) is 0. The van der Waals surface area contributed by atoms with Gasteiger partial charge in [0.25, 0.3) is 0 Å². The lowest BCUT2D eigenvalue weighted by Crippen LogP contribution is -2.43. The maximum absolute atomic E-state index is 12.0. The van der Waals surface area contributed by atoms with E-state index in [1.165, 1.54) is 0 Å². The summed E-state index contributed by atoms with van der Waals surface area (Å²) in [5.74, 6) is 0.462. The average Bonchev–Trinajstić information content (AvgIpc) is 2.34. The number of amides is 1. The van der Waals surface area contributed by atoms with Crippen molar-refractivity contribution in [3.63, 3.8) is 0 Å². The highest BCUT2D eigenvalue weighted by atomic mass is 16.5. The van der Waals surface area contributed by atoms with Gasteiger partial charge < -0.3 is 14.4 Å². The summed E-state index contributed by atoms with van der Waals surface area (Å²) in [4.78, 5) is 25.4. The third-order valence-electron chi connectivity index (χ3n) is 3.64. The first-order valence-electron chi connectivity index (χ1n) is 6.73. The summed E-state index contributed by atoms with van der Waals surface area (Å²) in [6.45, 7) is 5.03. The molecule has 0 aliphatic carbocycles. The number of rotatable bonds is 4. The molecule has 2 saturated heterocycles. The third kappa shape index (κ3) is 3.22. The van der Waals surface area contributed by atoms with Gasteiger partial charge in [0.2, 0.25) is 5.91 Å². The van der Waals surface area contributed by atoms with E-state index in [-0.39, 0.29) is 17.8 Å². The molecule has 0 N–H and O–H groups in total. The van der Waals surface area contributed by atoms with E-state index >= 15 is 0 Å². The van der Waals surface area contributed by atoms with Crippen molar-refractivity contribution in [2.45, 2.75) is 26.2 Å². The van der Waals surface area contributed by atoms with Gasteiger partial charge in [-0.25, -0.2) is 0 Å². The molecule has 1 amide bonds. The fourth-order valence-electron chi connectivity index (χ4n) is 2.40. The van der Waals surface area contributed by atoms with Crippen molar-refractivity contribution in [1.82, 2.24) is 4.90 Å². The van der Waals surface area contributed by atoms with Gasteiger partial charge in [0.1, 0.15) is 0 Å². The first-order chi connectivity index (χ1) is 8.70. The van der Waals surface area contributed by atoms with Crippen molar-refractivity contribution in [1.29, 1.82) is 0 Å². The van der Waals surface area contributed by atoms with Crippen LogP contribution in [0, 0.1) is 11.8 Å². The van der Waals surface area contributed by atoms with Crippen molar-refractivity contribution < 1.29 is 19.1 Å². The Morgan fingerprint density at radius 1 is 1.28 bits per heavy atom. The van der Waals surface area contributed by atoms with Gasteiger partial charge in [0.15, 0.2) is 0 Å². The van der Waals surface area contributed by atoms with E-state index in [0.29, 0.717) is 45.2 Å². The summed E-state index contributed by atoms with van der Waals surface area (Å²) in [6.07, 6.45) is 2.04. The molecule has 2 fully saturated rings. The Morgan fingerprint density at radius 3 is 2.44 bits per heavy atom. The van der Waals surface area contributed by atoms with Crippen LogP contribution in [0.2, 0.25) is 0 Å². The van der Waals surface area contributed by atoms with Crippen LogP contribution in [0.5, 0.6) is 0 Å². The molecule has 2 heterocycles. The molecule has 0 bridgehead atoms. The number of carbonyl (C=O) groups is 2. The molecule has 0 saturated carbocycles. The predicted octanol–water partition coefficient (Wildman–Crippen LogP) is 0.825. The molecule has 2 rings (SSSR count). The van der Waals surface area contributed by atoms with Gasteiger partial charge in [-0.3, -0.25) is 9.59 Å². The lowest BCUT2D eigenvalue weighted by molar-refractivity contribution is -0.151. The number of likely N-dealkylation sites (tertiary alicyclic amines) is 1. The molecule has 5 nitrogen and oxygen atoms in total. The van der Waals surface area contributed by atoms with E-state index in [1.54, 1.807) is 0 Å². The topological polar surface area (TPSA) is 55.8 Å². The third-order valence-corrected chi connectivity index (χ3v) is 3.64. The SMILES string of the molecule is CCOC(=O)C1CCN(C(=O)CC2COC2)CC1. The highest BCUT2D eigenvalue weighted by Gasteiger charge is 2.30. The van der Waals surface area contributed by atoms with E-state index in [0.717, 1.165) is 12.8 Å². The maximum Gasteiger partial charge on any atom is 0.309 e. The van der Waals surface area contributed by atoms with Crippen LogP contribution < -0.4 is 0 Å². The summed E-state index contributed by atoms with van der Waals surface area (Å²) in [5, 5.41) is 0. The molecule has 5 heteroatoms. The molecule has 0 aromatic carbocycles. The monoisotopic (exact) mass is 255 g/mol. The van der Waals surface area contributed by atoms with Crippen molar-refractivity contribution in [3.8, 4) is 0 Å².